The Morgan fingerprint density at radius 2 is 2.12 bits per heavy atom. The maximum absolute atomic E-state index is 12.9. The van der Waals surface area contributed by atoms with Crippen LogP contribution >= 0.6 is 27.5 Å². The number of hydrazone groups is 1. The first-order chi connectivity index (χ1) is 7.74. The van der Waals surface area contributed by atoms with E-state index in [2.05, 4.69) is 26.5 Å². The summed E-state index contributed by atoms with van der Waals surface area (Å²) in [6, 6.07) is 0. The molecule has 0 fully saturated rings. The first-order valence-electron chi connectivity index (χ1n) is 4.63. The van der Waals surface area contributed by atoms with Crippen molar-refractivity contribution in [2.24, 2.45) is 5.10 Å². The summed E-state index contributed by atoms with van der Waals surface area (Å²) in [6.07, 6.45) is -0.983. The third-order valence-electron chi connectivity index (χ3n) is 2.52. The molecule has 2 aliphatic rings. The summed E-state index contributed by atoms with van der Waals surface area (Å²) in [5.74, 6) is 0. The minimum absolute atomic E-state index is 0.217. The fourth-order valence-electron chi connectivity index (χ4n) is 1.55. The summed E-state index contributed by atoms with van der Waals surface area (Å²) in [4.78, 5) is 0. The highest BCUT2D eigenvalue weighted by atomic mass is 79.9. The average Bonchev–Trinajstić information content (AvgIpc) is 2.22. The third-order valence-corrected chi connectivity index (χ3v) is 3.75. The molecular formula is C10H7BrClF3N2. The number of halogens is 5. The van der Waals surface area contributed by atoms with Crippen LogP contribution in [0.4, 0.5) is 13.2 Å². The van der Waals surface area contributed by atoms with E-state index in [-0.39, 0.29) is 5.16 Å². The number of nitrogens with one attached hydrogen (secondary N) is 1. The molecule has 0 aromatic rings. The molecule has 1 N–H and O–H groups in total. The molecule has 0 aromatic heterocycles. The van der Waals surface area contributed by atoms with Crippen LogP contribution in [0.1, 0.15) is 6.92 Å². The number of alkyl halides is 4. The van der Waals surface area contributed by atoms with Gasteiger partial charge in [0.05, 0.1) is 5.71 Å². The van der Waals surface area contributed by atoms with Crippen molar-refractivity contribution in [3.63, 3.8) is 0 Å². The Morgan fingerprint density at radius 1 is 1.47 bits per heavy atom. The zero-order valence-corrected chi connectivity index (χ0v) is 10.9. The van der Waals surface area contributed by atoms with E-state index < -0.39 is 10.5 Å². The van der Waals surface area contributed by atoms with Crippen molar-refractivity contribution in [2.45, 2.75) is 17.4 Å². The Kier molecular flexibility index (Phi) is 2.90. The molecule has 7 heteroatoms. The van der Waals surface area contributed by atoms with E-state index in [1.807, 2.05) is 0 Å². The standard InChI is InChI=1S/C10H7BrClF3N2/c1-5-7-4-9(11,10(13,14)15)3-2-6(7)8(12)17-16-5/h2-4,17H,1H3. The van der Waals surface area contributed by atoms with Gasteiger partial charge < -0.3 is 0 Å². The zero-order chi connectivity index (χ0) is 12.8. The van der Waals surface area contributed by atoms with Crippen molar-refractivity contribution in [3.8, 4) is 0 Å². The lowest BCUT2D eigenvalue weighted by molar-refractivity contribution is -0.135. The van der Waals surface area contributed by atoms with Crippen LogP contribution < -0.4 is 5.43 Å². The van der Waals surface area contributed by atoms with Crippen molar-refractivity contribution in [2.75, 3.05) is 0 Å². The predicted molar refractivity (Wildman–Crippen MR) is 64.1 cm³/mol. The average molecular weight is 328 g/mol. The second kappa shape index (κ2) is 3.88. The van der Waals surface area contributed by atoms with Gasteiger partial charge in [-0.2, -0.15) is 18.3 Å². The third kappa shape index (κ3) is 2.04. The Morgan fingerprint density at radius 3 is 2.71 bits per heavy atom. The summed E-state index contributed by atoms with van der Waals surface area (Å²) in [6.45, 7) is 1.62. The van der Waals surface area contributed by atoms with Gasteiger partial charge in [-0.25, -0.2) is 0 Å². The Hall–Kier alpha value is -0.750. The first-order valence-corrected chi connectivity index (χ1v) is 5.80. The summed E-state index contributed by atoms with van der Waals surface area (Å²) < 4.78 is 36.4. The minimum Gasteiger partial charge on any atom is -0.266 e. The van der Waals surface area contributed by atoms with Crippen LogP contribution in [0, 0.1) is 0 Å². The molecular weight excluding hydrogens is 320 g/mol. The maximum Gasteiger partial charge on any atom is 0.410 e. The Bertz CT molecular complexity index is 490. The lowest BCUT2D eigenvalue weighted by Crippen LogP contribution is -2.38. The van der Waals surface area contributed by atoms with Crippen LogP contribution in [-0.4, -0.2) is 16.2 Å². The van der Waals surface area contributed by atoms with Crippen molar-refractivity contribution in [1.29, 1.82) is 0 Å². The number of hydrogen-bond acceptors (Lipinski definition) is 2. The molecule has 2 nitrogen and oxygen atoms in total. The minimum atomic E-state index is -4.42. The fourth-order valence-corrected chi connectivity index (χ4v) is 2.12. The summed E-state index contributed by atoms with van der Waals surface area (Å²) in [5.41, 5.74) is 3.89. The first kappa shape index (κ1) is 12.7. The number of nitrogens with zero attached hydrogens (tertiary/aromatic N) is 1. The van der Waals surface area contributed by atoms with Crippen molar-refractivity contribution >= 4 is 33.2 Å². The van der Waals surface area contributed by atoms with E-state index in [0.717, 1.165) is 12.2 Å². The molecule has 92 valence electrons. The molecule has 17 heavy (non-hydrogen) atoms. The van der Waals surface area contributed by atoms with Gasteiger partial charge in [-0.1, -0.05) is 39.7 Å². The van der Waals surface area contributed by atoms with Gasteiger partial charge in [-0.15, -0.1) is 0 Å². The molecule has 0 bridgehead atoms. The molecule has 0 amide bonds. The van der Waals surface area contributed by atoms with Crippen LogP contribution in [0.3, 0.4) is 0 Å². The van der Waals surface area contributed by atoms with Crippen LogP contribution in [0.5, 0.6) is 0 Å². The summed E-state index contributed by atoms with van der Waals surface area (Å²) >= 11 is 8.53. The SMILES string of the molecule is CC1=NNC(Cl)=C2C=CC(Br)(C(F)(F)F)C=C12. The fraction of sp³-hybridized carbons (Fsp3) is 0.300. The van der Waals surface area contributed by atoms with Gasteiger partial charge in [0.25, 0.3) is 0 Å². The van der Waals surface area contributed by atoms with E-state index in [4.69, 9.17) is 11.6 Å². The second-order valence-electron chi connectivity index (χ2n) is 3.69. The zero-order valence-electron chi connectivity index (χ0n) is 8.57. The van der Waals surface area contributed by atoms with E-state index >= 15 is 0 Å². The van der Waals surface area contributed by atoms with E-state index in [0.29, 0.717) is 16.9 Å². The van der Waals surface area contributed by atoms with Crippen LogP contribution in [0.15, 0.2) is 39.6 Å². The number of allylic oxidation sites excluding steroid dienone is 5. The van der Waals surface area contributed by atoms with E-state index in [9.17, 15) is 13.2 Å². The van der Waals surface area contributed by atoms with Gasteiger partial charge in [0.15, 0.2) is 4.32 Å². The van der Waals surface area contributed by atoms with Gasteiger partial charge in [-0.3, -0.25) is 5.43 Å². The molecule has 0 saturated heterocycles. The smallest absolute Gasteiger partial charge is 0.266 e. The second-order valence-corrected chi connectivity index (χ2v) is 5.38. The van der Waals surface area contributed by atoms with E-state index in [1.165, 1.54) is 6.08 Å². The number of rotatable bonds is 0. The molecule has 0 saturated carbocycles. The Balaban J connectivity index is 2.53. The molecule has 1 heterocycles. The summed E-state index contributed by atoms with van der Waals surface area (Å²) in [5, 5.41) is 4.05. The van der Waals surface area contributed by atoms with Crippen molar-refractivity contribution < 1.29 is 13.2 Å². The largest absolute Gasteiger partial charge is 0.410 e. The van der Waals surface area contributed by atoms with Crippen molar-refractivity contribution in [1.82, 2.24) is 5.43 Å². The highest BCUT2D eigenvalue weighted by Crippen LogP contribution is 2.45. The topological polar surface area (TPSA) is 24.4 Å². The molecule has 1 atom stereocenters. The molecule has 2 rings (SSSR count). The van der Waals surface area contributed by atoms with Crippen LogP contribution in [-0.2, 0) is 0 Å². The quantitative estimate of drug-likeness (QED) is 0.533. The van der Waals surface area contributed by atoms with Gasteiger partial charge in [0.1, 0.15) is 5.16 Å². The monoisotopic (exact) mass is 326 g/mol. The number of hydrogen-bond donors (Lipinski definition) is 1. The Labute approximate surface area is 109 Å². The molecule has 1 unspecified atom stereocenters. The maximum atomic E-state index is 12.9. The number of fused-ring (bicyclic) bond motifs is 1. The van der Waals surface area contributed by atoms with Crippen molar-refractivity contribution in [3.05, 3.63) is 34.5 Å². The van der Waals surface area contributed by atoms with Gasteiger partial charge in [0.2, 0.25) is 0 Å². The molecule has 0 radical (unpaired) electrons. The molecule has 0 aromatic carbocycles. The van der Waals surface area contributed by atoms with Gasteiger partial charge in [0, 0.05) is 11.1 Å². The van der Waals surface area contributed by atoms with Crippen LogP contribution in [0.25, 0.3) is 0 Å². The lowest BCUT2D eigenvalue weighted by atomic mass is 9.90. The summed E-state index contributed by atoms with van der Waals surface area (Å²) in [7, 11) is 0. The highest BCUT2D eigenvalue weighted by molar-refractivity contribution is 9.10. The molecule has 1 aliphatic carbocycles. The lowest BCUT2D eigenvalue weighted by Gasteiger charge is -2.30. The molecule has 0 spiro atoms. The van der Waals surface area contributed by atoms with Crippen LogP contribution in [0.2, 0.25) is 0 Å². The normalized spacial score (nSPS) is 28.4. The highest BCUT2D eigenvalue weighted by Gasteiger charge is 2.51. The van der Waals surface area contributed by atoms with E-state index in [1.54, 1.807) is 6.92 Å². The molecule has 1 aliphatic heterocycles. The predicted octanol–water partition coefficient (Wildman–Crippen LogP) is 3.61. The van der Waals surface area contributed by atoms with Gasteiger partial charge >= 0.3 is 6.18 Å². The van der Waals surface area contributed by atoms with Gasteiger partial charge in [-0.05, 0) is 13.0 Å².